The zero-order chi connectivity index (χ0) is 15.6. The van der Waals surface area contributed by atoms with Crippen molar-refractivity contribution in [1.82, 2.24) is 4.90 Å². The van der Waals surface area contributed by atoms with Crippen LogP contribution in [0.4, 0.5) is 10.7 Å². The van der Waals surface area contributed by atoms with E-state index in [-0.39, 0.29) is 23.1 Å². The lowest BCUT2D eigenvalue weighted by Gasteiger charge is -2.29. The van der Waals surface area contributed by atoms with Crippen LogP contribution in [-0.4, -0.2) is 42.8 Å². The van der Waals surface area contributed by atoms with Gasteiger partial charge in [-0.15, -0.1) is 11.3 Å². The van der Waals surface area contributed by atoms with Crippen LogP contribution < -0.4 is 16.8 Å². The second-order valence-corrected chi connectivity index (χ2v) is 6.43. The summed E-state index contributed by atoms with van der Waals surface area (Å²) in [6, 6.07) is 0.280. The van der Waals surface area contributed by atoms with Gasteiger partial charge in [-0.3, -0.25) is 9.59 Å². The molecule has 0 unspecified atom stereocenters. The van der Waals surface area contributed by atoms with E-state index in [1.165, 1.54) is 11.3 Å². The highest BCUT2D eigenvalue weighted by atomic mass is 32.1. The smallest absolute Gasteiger partial charge is 0.253 e. The van der Waals surface area contributed by atoms with Gasteiger partial charge in [-0.1, -0.05) is 6.92 Å². The van der Waals surface area contributed by atoms with Gasteiger partial charge < -0.3 is 21.7 Å². The Morgan fingerprint density at radius 2 is 2.00 bits per heavy atom. The Kier molecular flexibility index (Phi) is 4.84. The average molecular weight is 310 g/mol. The normalized spacial score (nSPS) is 16.9. The SMILES string of the molecule is CCC(=O)c1sc(NC2CCN(C)CC2)c(C(N)=O)c1N. The average Bonchev–Trinajstić information content (AvgIpc) is 2.77. The van der Waals surface area contributed by atoms with Crippen LogP contribution in [0.1, 0.15) is 46.2 Å². The van der Waals surface area contributed by atoms with Gasteiger partial charge in [0.1, 0.15) is 5.00 Å². The predicted molar refractivity (Wildman–Crippen MR) is 86.0 cm³/mol. The lowest BCUT2D eigenvalue weighted by atomic mass is 10.1. The number of rotatable bonds is 5. The number of hydrogen-bond acceptors (Lipinski definition) is 6. The quantitative estimate of drug-likeness (QED) is 0.716. The molecule has 6 nitrogen and oxygen atoms in total. The molecule has 5 N–H and O–H groups in total. The Bertz CT molecular complexity index is 547. The van der Waals surface area contributed by atoms with Crippen LogP contribution in [0.15, 0.2) is 0 Å². The number of Topliss-reactive ketones (excluding diaryl/α,β-unsaturated/α-hetero) is 1. The van der Waals surface area contributed by atoms with Crippen molar-refractivity contribution >= 4 is 33.7 Å². The van der Waals surface area contributed by atoms with Crippen LogP contribution in [0.25, 0.3) is 0 Å². The predicted octanol–water partition coefficient (Wildman–Crippen LogP) is 1.53. The van der Waals surface area contributed by atoms with Crippen LogP contribution >= 0.6 is 11.3 Å². The second-order valence-electron chi connectivity index (χ2n) is 5.41. The molecule has 0 radical (unpaired) electrons. The Morgan fingerprint density at radius 1 is 1.38 bits per heavy atom. The van der Waals surface area contributed by atoms with Crippen LogP contribution in [0.3, 0.4) is 0 Å². The largest absolute Gasteiger partial charge is 0.397 e. The molecule has 1 aliphatic heterocycles. The highest BCUT2D eigenvalue weighted by molar-refractivity contribution is 7.19. The number of carbonyl (C=O) groups is 2. The maximum Gasteiger partial charge on any atom is 0.253 e. The topological polar surface area (TPSA) is 101 Å². The lowest BCUT2D eigenvalue weighted by molar-refractivity contribution is 0.0991. The number of anilines is 2. The molecule has 0 aliphatic carbocycles. The highest BCUT2D eigenvalue weighted by Crippen LogP contribution is 2.37. The molecule has 21 heavy (non-hydrogen) atoms. The van der Waals surface area contributed by atoms with E-state index in [9.17, 15) is 9.59 Å². The van der Waals surface area contributed by atoms with Crippen LogP contribution in [0, 0.1) is 0 Å². The minimum Gasteiger partial charge on any atom is -0.397 e. The third kappa shape index (κ3) is 3.36. The molecule has 2 rings (SSSR count). The molecule has 0 atom stereocenters. The fourth-order valence-corrected chi connectivity index (χ4v) is 3.71. The van der Waals surface area contributed by atoms with Gasteiger partial charge in [0.2, 0.25) is 0 Å². The van der Waals surface area contributed by atoms with Crippen molar-refractivity contribution in [2.45, 2.75) is 32.2 Å². The molecule has 1 amide bonds. The summed E-state index contributed by atoms with van der Waals surface area (Å²) in [6.45, 7) is 3.78. The molecular weight excluding hydrogens is 288 g/mol. The number of hydrogen-bond donors (Lipinski definition) is 3. The molecule has 0 spiro atoms. The van der Waals surface area contributed by atoms with E-state index in [4.69, 9.17) is 11.5 Å². The summed E-state index contributed by atoms with van der Waals surface area (Å²) >= 11 is 1.24. The van der Waals surface area contributed by atoms with Gasteiger partial charge in [0, 0.05) is 12.5 Å². The van der Waals surface area contributed by atoms with Crippen LogP contribution in [-0.2, 0) is 0 Å². The molecule has 1 aromatic rings. The highest BCUT2D eigenvalue weighted by Gasteiger charge is 2.25. The van der Waals surface area contributed by atoms with E-state index in [1.807, 2.05) is 0 Å². The third-order valence-corrected chi connectivity index (χ3v) is 5.00. The number of nitrogen functional groups attached to an aromatic ring is 1. The number of thiophene rings is 1. The Labute approximate surface area is 128 Å². The molecule has 0 bridgehead atoms. The first kappa shape index (κ1) is 15.8. The maximum absolute atomic E-state index is 11.9. The van der Waals surface area contributed by atoms with Crippen molar-refractivity contribution in [3.05, 3.63) is 10.4 Å². The Hall–Kier alpha value is -1.60. The number of nitrogens with two attached hydrogens (primary N) is 2. The van der Waals surface area contributed by atoms with E-state index >= 15 is 0 Å². The van der Waals surface area contributed by atoms with Gasteiger partial charge in [-0.25, -0.2) is 0 Å². The summed E-state index contributed by atoms with van der Waals surface area (Å²) in [4.78, 5) is 26.2. The fraction of sp³-hybridized carbons (Fsp3) is 0.571. The number of carbonyl (C=O) groups excluding carboxylic acids is 2. The molecule has 0 aromatic carbocycles. The number of nitrogens with one attached hydrogen (secondary N) is 1. The lowest BCUT2D eigenvalue weighted by Crippen LogP contribution is -2.36. The molecule has 1 fully saturated rings. The minimum atomic E-state index is -0.589. The third-order valence-electron chi connectivity index (χ3n) is 3.82. The van der Waals surface area contributed by atoms with Gasteiger partial charge in [-0.2, -0.15) is 0 Å². The number of ketones is 1. The molecule has 1 saturated heterocycles. The first-order chi connectivity index (χ1) is 9.93. The van der Waals surface area contributed by atoms with Crippen molar-refractivity contribution in [2.24, 2.45) is 5.73 Å². The molecule has 2 heterocycles. The van der Waals surface area contributed by atoms with Crippen molar-refractivity contribution in [1.29, 1.82) is 0 Å². The zero-order valence-electron chi connectivity index (χ0n) is 12.4. The molecule has 116 valence electrons. The number of nitrogens with zero attached hydrogens (tertiary/aromatic N) is 1. The zero-order valence-corrected chi connectivity index (χ0v) is 13.3. The van der Waals surface area contributed by atoms with E-state index in [0.29, 0.717) is 16.3 Å². The fourth-order valence-electron chi connectivity index (χ4n) is 2.50. The first-order valence-corrected chi connectivity index (χ1v) is 7.96. The Morgan fingerprint density at radius 3 is 2.52 bits per heavy atom. The van der Waals surface area contributed by atoms with Gasteiger partial charge in [0.25, 0.3) is 5.91 Å². The van der Waals surface area contributed by atoms with Crippen molar-refractivity contribution < 1.29 is 9.59 Å². The summed E-state index contributed by atoms with van der Waals surface area (Å²) in [5, 5.41) is 3.98. The van der Waals surface area contributed by atoms with Gasteiger partial charge in [0.05, 0.1) is 16.1 Å². The molecule has 7 heteroatoms. The molecule has 1 aromatic heterocycles. The van der Waals surface area contributed by atoms with E-state index in [2.05, 4.69) is 17.3 Å². The standard InChI is InChI=1S/C14H22N4O2S/c1-3-9(19)12-11(15)10(13(16)20)14(21-12)17-8-4-6-18(2)7-5-8/h8,17H,3-7,15H2,1-2H3,(H2,16,20). The summed E-state index contributed by atoms with van der Waals surface area (Å²) in [5.74, 6) is -0.647. The van der Waals surface area contributed by atoms with Gasteiger partial charge in [-0.05, 0) is 33.0 Å². The van der Waals surface area contributed by atoms with Crippen molar-refractivity contribution in [2.75, 3.05) is 31.2 Å². The maximum atomic E-state index is 11.9. The summed E-state index contributed by atoms with van der Waals surface area (Å²) in [5.41, 5.74) is 11.9. The summed E-state index contributed by atoms with van der Waals surface area (Å²) in [6.07, 6.45) is 2.34. The monoisotopic (exact) mass is 310 g/mol. The first-order valence-electron chi connectivity index (χ1n) is 7.14. The number of piperidine rings is 1. The molecule has 0 saturated carbocycles. The number of likely N-dealkylation sites (tertiary alicyclic amines) is 1. The van der Waals surface area contributed by atoms with Gasteiger partial charge in [0.15, 0.2) is 5.78 Å². The van der Waals surface area contributed by atoms with Crippen molar-refractivity contribution in [3.8, 4) is 0 Å². The molecule has 1 aliphatic rings. The van der Waals surface area contributed by atoms with Crippen LogP contribution in [0.5, 0.6) is 0 Å². The van der Waals surface area contributed by atoms with Gasteiger partial charge >= 0.3 is 0 Å². The second kappa shape index (κ2) is 6.44. The number of amides is 1. The van der Waals surface area contributed by atoms with Crippen molar-refractivity contribution in [3.63, 3.8) is 0 Å². The number of primary amides is 1. The van der Waals surface area contributed by atoms with E-state index < -0.39 is 5.91 Å². The van der Waals surface area contributed by atoms with E-state index in [1.54, 1.807) is 6.92 Å². The minimum absolute atomic E-state index is 0.0589. The van der Waals surface area contributed by atoms with Crippen LogP contribution in [0.2, 0.25) is 0 Å². The summed E-state index contributed by atoms with van der Waals surface area (Å²) in [7, 11) is 2.09. The van der Waals surface area contributed by atoms with E-state index in [0.717, 1.165) is 25.9 Å². The Balaban J connectivity index is 2.25. The summed E-state index contributed by atoms with van der Waals surface area (Å²) < 4.78 is 0. The molecular formula is C14H22N4O2S.